The Labute approximate surface area is 219 Å². The summed E-state index contributed by atoms with van der Waals surface area (Å²) >= 11 is 0. The highest BCUT2D eigenvalue weighted by atomic mass is 19.1. The van der Waals surface area contributed by atoms with Crippen molar-refractivity contribution in [1.29, 1.82) is 0 Å². The van der Waals surface area contributed by atoms with Crippen molar-refractivity contribution in [2.45, 2.75) is 6.73 Å². The molecule has 0 aliphatic carbocycles. The molecule has 1 fully saturated rings. The fraction of sp³-hybridized carbons (Fsp3) is 0.222. The average Bonchev–Trinajstić information content (AvgIpc) is 3.33. The Hall–Kier alpha value is -4.48. The van der Waals surface area contributed by atoms with E-state index < -0.39 is 0 Å². The SMILES string of the molecule is C=CC(=O)Nc1cccc(Oc2nc(Nc3ccc(N4CCN(C)CC4)c(F)c3)nc3c2ccn3CO)c1. The monoisotopic (exact) mass is 517 g/mol. The maximum absolute atomic E-state index is 15.0. The predicted octanol–water partition coefficient (Wildman–Crippen LogP) is 3.93. The van der Waals surface area contributed by atoms with Crippen molar-refractivity contribution >= 4 is 40.0 Å². The second kappa shape index (κ2) is 10.9. The lowest BCUT2D eigenvalue weighted by atomic mass is 10.2. The number of hydrogen-bond donors (Lipinski definition) is 3. The number of nitrogens with zero attached hydrogens (tertiary/aromatic N) is 5. The Morgan fingerprint density at radius 1 is 1.13 bits per heavy atom. The fourth-order valence-corrected chi connectivity index (χ4v) is 4.25. The molecule has 196 valence electrons. The van der Waals surface area contributed by atoms with Crippen molar-refractivity contribution in [2.75, 3.05) is 48.8 Å². The topological polar surface area (TPSA) is 108 Å². The van der Waals surface area contributed by atoms with Crippen molar-refractivity contribution < 1.29 is 19.0 Å². The van der Waals surface area contributed by atoms with E-state index in [1.165, 1.54) is 16.7 Å². The first kappa shape index (κ1) is 25.2. The van der Waals surface area contributed by atoms with Gasteiger partial charge in [0.15, 0.2) is 5.65 Å². The number of piperazine rings is 1. The predicted molar refractivity (Wildman–Crippen MR) is 144 cm³/mol. The van der Waals surface area contributed by atoms with Gasteiger partial charge in [0.2, 0.25) is 17.7 Å². The summed E-state index contributed by atoms with van der Waals surface area (Å²) in [4.78, 5) is 25.0. The van der Waals surface area contributed by atoms with E-state index >= 15 is 4.39 Å². The summed E-state index contributed by atoms with van der Waals surface area (Å²) in [6.07, 6.45) is 2.85. The van der Waals surface area contributed by atoms with Gasteiger partial charge in [-0.2, -0.15) is 9.97 Å². The molecule has 10 nitrogen and oxygen atoms in total. The first-order valence-corrected chi connectivity index (χ1v) is 12.1. The Balaban J connectivity index is 1.43. The molecular formula is C27H28FN7O3. The summed E-state index contributed by atoms with van der Waals surface area (Å²) in [6, 6.07) is 13.5. The van der Waals surface area contributed by atoms with Crippen LogP contribution in [0.3, 0.4) is 0 Å². The highest BCUT2D eigenvalue weighted by Gasteiger charge is 2.19. The minimum absolute atomic E-state index is 0.170. The van der Waals surface area contributed by atoms with Crippen molar-refractivity contribution in [3.63, 3.8) is 0 Å². The number of hydrogen-bond acceptors (Lipinski definition) is 8. The van der Waals surface area contributed by atoms with E-state index in [0.29, 0.717) is 33.8 Å². The molecule has 2 aromatic carbocycles. The molecule has 0 spiro atoms. The van der Waals surface area contributed by atoms with Crippen molar-refractivity contribution in [3.05, 3.63) is 73.2 Å². The normalized spacial score (nSPS) is 13.9. The van der Waals surface area contributed by atoms with Crippen LogP contribution < -0.4 is 20.3 Å². The van der Waals surface area contributed by atoms with E-state index in [9.17, 15) is 9.90 Å². The maximum Gasteiger partial charge on any atom is 0.247 e. The number of ether oxygens (including phenoxy) is 1. The first-order chi connectivity index (χ1) is 18.4. The van der Waals surface area contributed by atoms with Crippen LogP contribution in [0.5, 0.6) is 11.6 Å². The summed E-state index contributed by atoms with van der Waals surface area (Å²) in [6.45, 7) is 6.44. The largest absolute Gasteiger partial charge is 0.438 e. The molecule has 0 radical (unpaired) electrons. The summed E-state index contributed by atoms with van der Waals surface area (Å²) < 4.78 is 22.6. The van der Waals surface area contributed by atoms with Crippen molar-refractivity contribution in [2.24, 2.45) is 0 Å². The van der Waals surface area contributed by atoms with Crippen LogP contribution in [0.25, 0.3) is 11.0 Å². The molecule has 1 amide bonds. The van der Waals surface area contributed by atoms with E-state index in [1.54, 1.807) is 48.7 Å². The van der Waals surface area contributed by atoms with Crippen LogP contribution in [-0.2, 0) is 11.5 Å². The van der Waals surface area contributed by atoms with Gasteiger partial charge in [0.25, 0.3) is 0 Å². The fourth-order valence-electron chi connectivity index (χ4n) is 4.25. The third-order valence-corrected chi connectivity index (χ3v) is 6.29. The lowest BCUT2D eigenvalue weighted by molar-refractivity contribution is -0.111. The van der Waals surface area contributed by atoms with Gasteiger partial charge in [-0.25, -0.2) is 4.39 Å². The molecule has 5 rings (SSSR count). The molecule has 3 N–H and O–H groups in total. The zero-order chi connectivity index (χ0) is 26.6. The number of carbonyl (C=O) groups is 1. The lowest BCUT2D eigenvalue weighted by Gasteiger charge is -2.34. The Morgan fingerprint density at radius 2 is 1.95 bits per heavy atom. The third-order valence-electron chi connectivity index (χ3n) is 6.29. The second-order valence-corrected chi connectivity index (χ2v) is 8.92. The van der Waals surface area contributed by atoms with E-state index in [2.05, 4.69) is 39.1 Å². The zero-order valence-electron chi connectivity index (χ0n) is 20.9. The molecule has 11 heteroatoms. The van der Waals surface area contributed by atoms with Gasteiger partial charge >= 0.3 is 0 Å². The van der Waals surface area contributed by atoms with E-state index in [4.69, 9.17) is 4.74 Å². The second-order valence-electron chi connectivity index (χ2n) is 8.92. The van der Waals surface area contributed by atoms with Crippen molar-refractivity contribution in [3.8, 4) is 11.6 Å². The number of amides is 1. The van der Waals surface area contributed by atoms with Gasteiger partial charge < -0.3 is 34.8 Å². The summed E-state index contributed by atoms with van der Waals surface area (Å²) in [5, 5.41) is 16.1. The van der Waals surface area contributed by atoms with Gasteiger partial charge in [-0.15, -0.1) is 0 Å². The molecule has 0 atom stereocenters. The minimum Gasteiger partial charge on any atom is -0.438 e. The standard InChI is InChI=1S/C27H28FN7O3/c1-3-24(37)29-18-5-4-6-20(15-18)38-26-21-9-10-35(17-36)25(21)31-27(32-26)30-19-7-8-23(22(28)16-19)34-13-11-33(2)12-14-34/h3-10,15-16,36H,1,11-14,17H2,2H3,(H,29,37)(H,30,31,32). The molecule has 1 aliphatic heterocycles. The molecule has 2 aromatic heterocycles. The Morgan fingerprint density at radius 3 is 2.68 bits per heavy atom. The number of rotatable bonds is 8. The van der Waals surface area contributed by atoms with Crippen LogP contribution in [-0.4, -0.2) is 63.7 Å². The molecule has 4 aromatic rings. The number of halogens is 1. The quantitative estimate of drug-likeness (QED) is 0.302. The molecular weight excluding hydrogens is 489 g/mol. The number of fused-ring (bicyclic) bond motifs is 1. The van der Waals surface area contributed by atoms with Gasteiger partial charge in [0.1, 0.15) is 18.3 Å². The van der Waals surface area contributed by atoms with Gasteiger partial charge in [-0.1, -0.05) is 12.6 Å². The van der Waals surface area contributed by atoms with Crippen LogP contribution in [0.15, 0.2) is 67.4 Å². The van der Waals surface area contributed by atoms with E-state index in [-0.39, 0.29) is 30.3 Å². The van der Waals surface area contributed by atoms with Gasteiger partial charge in [-0.05, 0) is 49.5 Å². The number of carbonyl (C=O) groups excluding carboxylic acids is 1. The van der Waals surface area contributed by atoms with Gasteiger partial charge in [0, 0.05) is 49.8 Å². The van der Waals surface area contributed by atoms with Gasteiger partial charge in [-0.3, -0.25) is 4.79 Å². The molecule has 0 saturated carbocycles. The summed E-state index contributed by atoms with van der Waals surface area (Å²) in [7, 11) is 2.06. The Bertz CT molecular complexity index is 1480. The number of anilines is 4. The minimum atomic E-state index is -0.344. The number of aliphatic hydroxyl groups excluding tert-OH is 1. The molecule has 38 heavy (non-hydrogen) atoms. The van der Waals surface area contributed by atoms with Crippen LogP contribution in [0.1, 0.15) is 0 Å². The van der Waals surface area contributed by atoms with E-state index in [1.807, 2.05) is 4.90 Å². The molecule has 1 saturated heterocycles. The summed E-state index contributed by atoms with van der Waals surface area (Å²) in [5.41, 5.74) is 1.99. The number of nitrogens with one attached hydrogen (secondary N) is 2. The van der Waals surface area contributed by atoms with Crippen LogP contribution in [0.2, 0.25) is 0 Å². The zero-order valence-corrected chi connectivity index (χ0v) is 20.9. The number of likely N-dealkylation sites (N-methyl/N-ethyl adjacent to an activating group) is 1. The highest BCUT2D eigenvalue weighted by Crippen LogP contribution is 2.32. The molecule has 1 aliphatic rings. The smallest absolute Gasteiger partial charge is 0.247 e. The third kappa shape index (κ3) is 5.43. The Kier molecular flexibility index (Phi) is 7.20. The highest BCUT2D eigenvalue weighted by molar-refractivity contribution is 5.99. The average molecular weight is 518 g/mol. The summed E-state index contributed by atoms with van der Waals surface area (Å²) in [5.74, 6) is 0.144. The first-order valence-electron chi connectivity index (χ1n) is 12.1. The van der Waals surface area contributed by atoms with Crippen molar-refractivity contribution in [1.82, 2.24) is 19.4 Å². The van der Waals surface area contributed by atoms with Crippen LogP contribution >= 0.6 is 0 Å². The maximum atomic E-state index is 15.0. The number of benzene rings is 2. The van der Waals surface area contributed by atoms with E-state index in [0.717, 1.165) is 26.2 Å². The lowest BCUT2D eigenvalue weighted by Crippen LogP contribution is -2.44. The molecule has 3 heterocycles. The van der Waals surface area contributed by atoms with Crippen LogP contribution in [0.4, 0.5) is 27.4 Å². The van der Waals surface area contributed by atoms with Crippen LogP contribution in [0, 0.1) is 5.82 Å². The molecule has 0 bridgehead atoms. The molecule has 0 unspecified atom stereocenters. The number of aromatic nitrogens is 3. The number of aliphatic hydroxyl groups is 1. The van der Waals surface area contributed by atoms with Gasteiger partial charge in [0.05, 0.1) is 11.1 Å².